The monoisotopic (exact) mass is 191 g/mol. The van der Waals surface area contributed by atoms with Crippen molar-refractivity contribution in [1.82, 2.24) is 6.15 Å². The molecule has 0 aromatic heterocycles. The van der Waals surface area contributed by atoms with Gasteiger partial charge in [-0.2, -0.15) is 0 Å². The van der Waals surface area contributed by atoms with Crippen molar-refractivity contribution in [3.8, 4) is 0 Å². The van der Waals surface area contributed by atoms with Gasteiger partial charge < -0.3 is 10.9 Å². The highest BCUT2D eigenvalue weighted by atomic mass is 16.5. The second-order valence-electron chi connectivity index (χ2n) is 3.01. The van der Waals surface area contributed by atoms with Crippen LogP contribution in [-0.2, 0) is 4.74 Å². The van der Waals surface area contributed by atoms with E-state index >= 15 is 0 Å². The lowest BCUT2D eigenvalue weighted by Crippen LogP contribution is -1.96. The topological polar surface area (TPSA) is 61.3 Å². The lowest BCUT2D eigenvalue weighted by Gasteiger charge is -2.06. The molecule has 1 aliphatic heterocycles. The van der Waals surface area contributed by atoms with E-state index in [0.717, 1.165) is 5.56 Å². The smallest absolute Gasteiger partial charge is 0.339 e. The molecule has 2 rings (SSSR count). The molecule has 1 aliphatic rings. The first-order chi connectivity index (χ1) is 6.33. The Hall–Kier alpha value is -1.61. The van der Waals surface area contributed by atoms with Crippen molar-refractivity contribution < 1.29 is 9.53 Å². The molecular formula is C11H13NO2. The first kappa shape index (κ1) is 10.5. The molecule has 3 heteroatoms. The number of esters is 1. The molecule has 0 fully saturated rings. The molecule has 0 spiro atoms. The average Bonchev–Trinajstić information content (AvgIpc) is 2.46. The zero-order valence-electron chi connectivity index (χ0n) is 7.90. The molecule has 3 N–H and O–H groups in total. The minimum Gasteiger partial charge on any atom is -0.454 e. The molecule has 1 aromatic carbocycles. The predicted octanol–water partition coefficient (Wildman–Crippen LogP) is 2.64. The summed E-state index contributed by atoms with van der Waals surface area (Å²) in [6, 6.07) is 7.47. The van der Waals surface area contributed by atoms with Crippen LogP contribution in [0, 0.1) is 0 Å². The van der Waals surface area contributed by atoms with Crippen molar-refractivity contribution in [3.63, 3.8) is 0 Å². The van der Waals surface area contributed by atoms with E-state index in [1.165, 1.54) is 0 Å². The summed E-state index contributed by atoms with van der Waals surface area (Å²) in [6.07, 6.45) is 2.32. The Kier molecular flexibility index (Phi) is 3.04. The van der Waals surface area contributed by atoms with E-state index in [-0.39, 0.29) is 18.2 Å². The normalized spacial score (nSPS) is 18.0. The largest absolute Gasteiger partial charge is 0.454 e. The maximum Gasteiger partial charge on any atom is 0.339 e. The molecule has 1 aromatic rings. The van der Waals surface area contributed by atoms with Crippen LogP contribution in [0.5, 0.6) is 0 Å². The van der Waals surface area contributed by atoms with E-state index in [0.29, 0.717) is 12.0 Å². The van der Waals surface area contributed by atoms with E-state index in [1.807, 2.05) is 18.2 Å². The van der Waals surface area contributed by atoms with Crippen LogP contribution in [0.4, 0.5) is 0 Å². The maximum atomic E-state index is 11.3. The highest BCUT2D eigenvalue weighted by Crippen LogP contribution is 2.32. The summed E-state index contributed by atoms with van der Waals surface area (Å²) < 4.78 is 5.16. The third-order valence-electron chi connectivity index (χ3n) is 2.16. The molecule has 1 unspecified atom stereocenters. The number of rotatable bonds is 2. The second kappa shape index (κ2) is 4.07. The molecule has 0 saturated carbocycles. The first-order valence-corrected chi connectivity index (χ1v) is 4.23. The van der Waals surface area contributed by atoms with Gasteiger partial charge in [0, 0.05) is 12.0 Å². The second-order valence-corrected chi connectivity index (χ2v) is 3.01. The van der Waals surface area contributed by atoms with Crippen LogP contribution in [0.15, 0.2) is 36.9 Å². The summed E-state index contributed by atoms with van der Waals surface area (Å²) in [5.74, 6) is -0.220. The van der Waals surface area contributed by atoms with Crippen LogP contribution in [0.1, 0.15) is 28.4 Å². The van der Waals surface area contributed by atoms with Gasteiger partial charge in [-0.3, -0.25) is 0 Å². The fourth-order valence-electron chi connectivity index (χ4n) is 1.55. The number of cyclic esters (lactones) is 1. The minimum atomic E-state index is -0.220. The average molecular weight is 191 g/mol. The van der Waals surface area contributed by atoms with E-state index in [2.05, 4.69) is 6.58 Å². The van der Waals surface area contributed by atoms with Crippen LogP contribution < -0.4 is 6.15 Å². The highest BCUT2D eigenvalue weighted by Gasteiger charge is 2.28. The van der Waals surface area contributed by atoms with Gasteiger partial charge in [0.1, 0.15) is 6.10 Å². The third-order valence-corrected chi connectivity index (χ3v) is 2.16. The molecule has 0 amide bonds. The van der Waals surface area contributed by atoms with Crippen molar-refractivity contribution in [2.24, 2.45) is 0 Å². The van der Waals surface area contributed by atoms with Crippen molar-refractivity contribution >= 4 is 5.97 Å². The molecule has 0 saturated heterocycles. The van der Waals surface area contributed by atoms with Crippen molar-refractivity contribution in [2.45, 2.75) is 12.5 Å². The Labute approximate surface area is 83.0 Å². The number of hydrogen-bond donors (Lipinski definition) is 1. The SMILES string of the molecule is C=CCC1OC(=O)c2ccccc21.N. The van der Waals surface area contributed by atoms with Crippen molar-refractivity contribution in [2.75, 3.05) is 0 Å². The molecule has 3 nitrogen and oxygen atoms in total. The number of fused-ring (bicyclic) bond motifs is 1. The van der Waals surface area contributed by atoms with E-state index < -0.39 is 0 Å². The molecule has 0 aliphatic carbocycles. The summed E-state index contributed by atoms with van der Waals surface area (Å²) >= 11 is 0. The zero-order valence-corrected chi connectivity index (χ0v) is 7.90. The van der Waals surface area contributed by atoms with Gasteiger partial charge in [0.25, 0.3) is 0 Å². The summed E-state index contributed by atoms with van der Waals surface area (Å²) in [7, 11) is 0. The Balaban J connectivity index is 0.000000980. The van der Waals surface area contributed by atoms with Crippen molar-refractivity contribution in [3.05, 3.63) is 48.0 Å². The number of benzene rings is 1. The van der Waals surface area contributed by atoms with Gasteiger partial charge in [-0.25, -0.2) is 4.79 Å². The molecular weight excluding hydrogens is 178 g/mol. The molecule has 1 atom stereocenters. The van der Waals surface area contributed by atoms with Crippen LogP contribution in [0.25, 0.3) is 0 Å². The quantitative estimate of drug-likeness (QED) is 0.577. The Morgan fingerprint density at radius 1 is 1.43 bits per heavy atom. The Morgan fingerprint density at radius 3 is 2.86 bits per heavy atom. The van der Waals surface area contributed by atoms with Crippen LogP contribution in [-0.4, -0.2) is 5.97 Å². The number of ether oxygens (including phenoxy) is 1. The predicted molar refractivity (Wildman–Crippen MR) is 54.4 cm³/mol. The summed E-state index contributed by atoms with van der Waals surface area (Å²) in [6.45, 7) is 3.63. The first-order valence-electron chi connectivity index (χ1n) is 4.23. The molecule has 14 heavy (non-hydrogen) atoms. The third kappa shape index (κ3) is 1.54. The zero-order chi connectivity index (χ0) is 9.26. The number of carbonyl (C=O) groups is 1. The maximum absolute atomic E-state index is 11.3. The van der Waals surface area contributed by atoms with Crippen molar-refractivity contribution in [1.29, 1.82) is 0 Å². The number of hydrogen-bond acceptors (Lipinski definition) is 3. The van der Waals surface area contributed by atoms with E-state index in [1.54, 1.807) is 12.1 Å². The summed E-state index contributed by atoms with van der Waals surface area (Å²) in [5.41, 5.74) is 1.67. The van der Waals surface area contributed by atoms with E-state index in [4.69, 9.17) is 4.74 Å². The van der Waals surface area contributed by atoms with Gasteiger partial charge in [-0.1, -0.05) is 24.3 Å². The summed E-state index contributed by atoms with van der Waals surface area (Å²) in [4.78, 5) is 11.3. The van der Waals surface area contributed by atoms with Gasteiger partial charge in [-0.15, -0.1) is 6.58 Å². The molecule has 0 bridgehead atoms. The van der Waals surface area contributed by atoms with Gasteiger partial charge in [0.2, 0.25) is 0 Å². The van der Waals surface area contributed by atoms with Crippen LogP contribution >= 0.6 is 0 Å². The lowest BCUT2D eigenvalue weighted by molar-refractivity contribution is 0.0392. The molecule has 1 heterocycles. The molecule has 74 valence electrons. The summed E-state index contributed by atoms with van der Waals surface area (Å²) in [5, 5.41) is 0. The van der Waals surface area contributed by atoms with Crippen LogP contribution in [0.2, 0.25) is 0 Å². The van der Waals surface area contributed by atoms with Gasteiger partial charge in [0.15, 0.2) is 0 Å². The van der Waals surface area contributed by atoms with Gasteiger partial charge >= 0.3 is 5.97 Å². The fraction of sp³-hybridized carbons (Fsp3) is 0.182. The lowest BCUT2D eigenvalue weighted by atomic mass is 10.0. The standard InChI is InChI=1S/C11H10O2.H3N/c1-2-5-10-8-6-3-4-7-9(8)11(12)13-10;/h2-4,6-7,10H,1,5H2;1H3. The van der Waals surface area contributed by atoms with E-state index in [9.17, 15) is 4.79 Å². The Morgan fingerprint density at radius 2 is 2.14 bits per heavy atom. The van der Waals surface area contributed by atoms with Gasteiger partial charge in [0.05, 0.1) is 5.56 Å². The molecule has 0 radical (unpaired) electrons. The highest BCUT2D eigenvalue weighted by molar-refractivity contribution is 5.93. The minimum absolute atomic E-state index is 0. The fourth-order valence-corrected chi connectivity index (χ4v) is 1.55. The van der Waals surface area contributed by atoms with Gasteiger partial charge in [-0.05, 0) is 6.07 Å². The van der Waals surface area contributed by atoms with Crippen LogP contribution in [0.3, 0.4) is 0 Å². The number of carbonyl (C=O) groups excluding carboxylic acids is 1. The Bertz CT molecular complexity index is 360.